The number of hydrogen-bond donors (Lipinski definition) is 0. The molecule has 21 heavy (non-hydrogen) atoms. The van der Waals surface area contributed by atoms with E-state index in [0.29, 0.717) is 19.6 Å². The standard InChI is InChI=1S/C19H30O2/c1-8-10-11-16(17(3,4)5)13-19(12-9-2)14-20-18(6,7)21-15-19/h2,10H,8,12-15H2,1,3-7H3. The van der Waals surface area contributed by atoms with E-state index in [2.05, 4.69) is 45.4 Å². The molecule has 1 saturated heterocycles. The van der Waals surface area contributed by atoms with Crippen LogP contribution < -0.4 is 0 Å². The second kappa shape index (κ2) is 6.84. The van der Waals surface area contributed by atoms with E-state index in [1.54, 1.807) is 0 Å². The molecule has 1 heterocycles. The van der Waals surface area contributed by atoms with Gasteiger partial charge in [0.1, 0.15) is 0 Å². The monoisotopic (exact) mass is 290 g/mol. The molecule has 0 unspecified atom stereocenters. The quantitative estimate of drug-likeness (QED) is 0.551. The fourth-order valence-corrected chi connectivity index (χ4v) is 2.35. The fraction of sp³-hybridized carbons (Fsp3) is 0.737. The van der Waals surface area contributed by atoms with E-state index >= 15 is 0 Å². The number of rotatable bonds is 4. The zero-order valence-electron chi connectivity index (χ0n) is 14.5. The summed E-state index contributed by atoms with van der Waals surface area (Å²) in [5.41, 5.74) is 4.69. The Balaban J connectivity index is 3.02. The van der Waals surface area contributed by atoms with Crippen LogP contribution in [0.25, 0.3) is 0 Å². The van der Waals surface area contributed by atoms with Gasteiger partial charge in [0.15, 0.2) is 5.79 Å². The second-order valence-electron chi connectivity index (χ2n) is 7.52. The SMILES string of the molecule is C#CCC1(CC(=C=CCC)C(C)(C)C)COC(C)(C)OC1. The summed E-state index contributed by atoms with van der Waals surface area (Å²) in [7, 11) is 0. The van der Waals surface area contributed by atoms with Gasteiger partial charge in [0.2, 0.25) is 0 Å². The normalized spacial score (nSPS) is 20.2. The summed E-state index contributed by atoms with van der Waals surface area (Å²) in [5, 5.41) is 0. The fourth-order valence-electron chi connectivity index (χ4n) is 2.35. The minimum Gasteiger partial charge on any atom is -0.350 e. The Kier molecular flexibility index (Phi) is 5.88. The maximum atomic E-state index is 5.88. The average Bonchev–Trinajstić information content (AvgIpc) is 2.37. The minimum absolute atomic E-state index is 0.0697. The van der Waals surface area contributed by atoms with Crippen molar-refractivity contribution in [3.8, 4) is 12.3 Å². The molecule has 2 nitrogen and oxygen atoms in total. The Morgan fingerprint density at radius 1 is 1.24 bits per heavy atom. The zero-order chi connectivity index (χ0) is 16.1. The summed E-state index contributed by atoms with van der Waals surface area (Å²) in [6, 6.07) is 0. The van der Waals surface area contributed by atoms with Crippen LogP contribution in [0.3, 0.4) is 0 Å². The maximum absolute atomic E-state index is 5.88. The molecular formula is C19H30O2. The molecule has 118 valence electrons. The lowest BCUT2D eigenvalue weighted by Gasteiger charge is -2.44. The van der Waals surface area contributed by atoms with Crippen molar-refractivity contribution < 1.29 is 9.47 Å². The highest BCUT2D eigenvalue weighted by molar-refractivity contribution is 5.15. The van der Waals surface area contributed by atoms with Crippen LogP contribution in [-0.4, -0.2) is 19.0 Å². The van der Waals surface area contributed by atoms with Gasteiger partial charge in [0.25, 0.3) is 0 Å². The Hall–Kier alpha value is -1.00. The second-order valence-corrected chi connectivity index (χ2v) is 7.52. The van der Waals surface area contributed by atoms with Crippen LogP contribution >= 0.6 is 0 Å². The zero-order valence-corrected chi connectivity index (χ0v) is 14.5. The Morgan fingerprint density at radius 2 is 1.81 bits per heavy atom. The first-order valence-corrected chi connectivity index (χ1v) is 7.80. The molecule has 1 aliphatic rings. The third kappa shape index (κ3) is 5.36. The molecular weight excluding hydrogens is 260 g/mol. The van der Waals surface area contributed by atoms with Crippen molar-refractivity contribution in [2.75, 3.05) is 13.2 Å². The molecule has 0 spiro atoms. The van der Waals surface area contributed by atoms with Gasteiger partial charge in [-0.25, -0.2) is 0 Å². The summed E-state index contributed by atoms with van der Waals surface area (Å²) in [5.74, 6) is 2.30. The van der Waals surface area contributed by atoms with Gasteiger partial charge in [-0.3, -0.25) is 0 Å². The van der Waals surface area contributed by atoms with Crippen molar-refractivity contribution in [1.82, 2.24) is 0 Å². The predicted octanol–water partition coefficient (Wildman–Crippen LogP) is 4.71. The predicted molar refractivity (Wildman–Crippen MR) is 87.8 cm³/mol. The molecule has 0 bridgehead atoms. The van der Waals surface area contributed by atoms with E-state index in [-0.39, 0.29) is 10.8 Å². The average molecular weight is 290 g/mol. The molecule has 0 amide bonds. The molecule has 0 radical (unpaired) electrons. The van der Waals surface area contributed by atoms with Crippen LogP contribution in [-0.2, 0) is 9.47 Å². The highest BCUT2D eigenvalue weighted by Gasteiger charge is 2.41. The van der Waals surface area contributed by atoms with Gasteiger partial charge >= 0.3 is 0 Å². The topological polar surface area (TPSA) is 18.5 Å². The van der Waals surface area contributed by atoms with E-state index in [1.165, 1.54) is 5.57 Å². The molecule has 0 aromatic heterocycles. The van der Waals surface area contributed by atoms with E-state index in [4.69, 9.17) is 15.9 Å². The lowest BCUT2D eigenvalue weighted by atomic mass is 9.73. The van der Waals surface area contributed by atoms with Gasteiger partial charge in [0.05, 0.1) is 13.2 Å². The van der Waals surface area contributed by atoms with Crippen molar-refractivity contribution in [2.45, 2.75) is 66.6 Å². The summed E-state index contributed by atoms with van der Waals surface area (Å²) in [6.07, 6.45) is 10.2. The number of hydrogen-bond acceptors (Lipinski definition) is 2. The van der Waals surface area contributed by atoms with Crippen LogP contribution in [0.15, 0.2) is 17.4 Å². The molecule has 0 atom stereocenters. The van der Waals surface area contributed by atoms with Crippen molar-refractivity contribution in [2.24, 2.45) is 10.8 Å². The number of ether oxygens (including phenoxy) is 2. The third-order valence-electron chi connectivity index (χ3n) is 3.87. The summed E-state index contributed by atoms with van der Waals surface area (Å²) >= 11 is 0. The van der Waals surface area contributed by atoms with E-state index in [0.717, 1.165) is 12.8 Å². The Labute approximate surface area is 130 Å². The molecule has 0 aromatic rings. The van der Waals surface area contributed by atoms with Crippen LogP contribution in [0, 0.1) is 23.2 Å². The molecule has 0 saturated carbocycles. The first-order valence-electron chi connectivity index (χ1n) is 7.80. The Morgan fingerprint density at radius 3 is 2.24 bits per heavy atom. The van der Waals surface area contributed by atoms with Crippen molar-refractivity contribution in [3.63, 3.8) is 0 Å². The largest absolute Gasteiger partial charge is 0.350 e. The summed E-state index contributed by atoms with van der Waals surface area (Å²) in [6.45, 7) is 14.0. The summed E-state index contributed by atoms with van der Waals surface area (Å²) in [4.78, 5) is 0. The molecule has 1 aliphatic heterocycles. The van der Waals surface area contributed by atoms with Crippen LogP contribution in [0.2, 0.25) is 0 Å². The van der Waals surface area contributed by atoms with Crippen molar-refractivity contribution in [1.29, 1.82) is 0 Å². The highest BCUT2D eigenvalue weighted by atomic mass is 16.7. The van der Waals surface area contributed by atoms with Crippen LogP contribution in [0.4, 0.5) is 0 Å². The molecule has 1 rings (SSSR count). The highest BCUT2D eigenvalue weighted by Crippen LogP contribution is 2.41. The Bertz CT molecular complexity index is 441. The first-order chi connectivity index (χ1) is 9.64. The van der Waals surface area contributed by atoms with Crippen molar-refractivity contribution >= 4 is 0 Å². The van der Waals surface area contributed by atoms with E-state index in [1.807, 2.05) is 13.8 Å². The van der Waals surface area contributed by atoms with Crippen LogP contribution in [0.1, 0.15) is 60.8 Å². The number of allylic oxidation sites excluding steroid dienone is 1. The molecule has 2 heteroatoms. The smallest absolute Gasteiger partial charge is 0.162 e. The molecule has 0 N–H and O–H groups in total. The van der Waals surface area contributed by atoms with E-state index in [9.17, 15) is 0 Å². The van der Waals surface area contributed by atoms with Gasteiger partial charge in [-0.15, -0.1) is 18.1 Å². The minimum atomic E-state index is -0.511. The van der Waals surface area contributed by atoms with Gasteiger partial charge in [-0.05, 0) is 43.8 Å². The molecule has 0 aromatic carbocycles. The molecule has 1 fully saturated rings. The third-order valence-corrected chi connectivity index (χ3v) is 3.87. The lowest BCUT2D eigenvalue weighted by molar-refractivity contribution is -0.284. The van der Waals surface area contributed by atoms with Gasteiger partial charge in [0, 0.05) is 11.8 Å². The first kappa shape index (κ1) is 18.1. The van der Waals surface area contributed by atoms with Crippen molar-refractivity contribution in [3.05, 3.63) is 17.4 Å². The van der Waals surface area contributed by atoms with Gasteiger partial charge in [-0.2, -0.15) is 0 Å². The maximum Gasteiger partial charge on any atom is 0.162 e. The summed E-state index contributed by atoms with van der Waals surface area (Å²) < 4.78 is 11.8. The van der Waals surface area contributed by atoms with Gasteiger partial charge in [-0.1, -0.05) is 27.7 Å². The molecule has 0 aliphatic carbocycles. The lowest BCUT2D eigenvalue weighted by Crippen LogP contribution is -2.47. The van der Waals surface area contributed by atoms with E-state index < -0.39 is 5.79 Å². The number of terminal acetylenes is 1. The van der Waals surface area contributed by atoms with Crippen LogP contribution in [0.5, 0.6) is 0 Å². The van der Waals surface area contributed by atoms with Gasteiger partial charge < -0.3 is 9.47 Å².